The Morgan fingerprint density at radius 2 is 1.74 bits per heavy atom. The van der Waals surface area contributed by atoms with Crippen LogP contribution in [-0.4, -0.2) is 24.3 Å². The SMILES string of the molecule is CCCCCCCOCC(=O)O.[Li+].[c-]1ccccc1. The Bertz CT molecular complexity index is 251. The van der Waals surface area contributed by atoms with Crippen LogP contribution in [0.15, 0.2) is 30.3 Å². The maximum Gasteiger partial charge on any atom is 1.00 e. The van der Waals surface area contributed by atoms with Crippen LogP contribution in [0.3, 0.4) is 0 Å². The van der Waals surface area contributed by atoms with Gasteiger partial charge in [-0.15, -0.1) is 0 Å². The molecule has 1 rings (SSSR count). The van der Waals surface area contributed by atoms with Gasteiger partial charge in [-0.2, -0.15) is 36.4 Å². The molecule has 0 saturated heterocycles. The summed E-state index contributed by atoms with van der Waals surface area (Å²) in [6.07, 6.45) is 5.85. The van der Waals surface area contributed by atoms with Crippen molar-refractivity contribution in [2.45, 2.75) is 39.0 Å². The van der Waals surface area contributed by atoms with E-state index < -0.39 is 5.97 Å². The number of aliphatic carboxylic acids is 1. The van der Waals surface area contributed by atoms with E-state index in [1.807, 2.05) is 30.3 Å². The van der Waals surface area contributed by atoms with Crippen molar-refractivity contribution in [1.29, 1.82) is 0 Å². The molecule has 0 aliphatic rings. The first-order chi connectivity index (χ1) is 8.77. The van der Waals surface area contributed by atoms with Gasteiger partial charge in [0.2, 0.25) is 0 Å². The fourth-order valence-corrected chi connectivity index (χ4v) is 1.31. The van der Waals surface area contributed by atoms with Crippen LogP contribution in [0.2, 0.25) is 0 Å². The van der Waals surface area contributed by atoms with E-state index in [9.17, 15) is 4.79 Å². The molecular weight excluding hydrogens is 235 g/mol. The van der Waals surface area contributed by atoms with Gasteiger partial charge < -0.3 is 9.84 Å². The van der Waals surface area contributed by atoms with Crippen molar-refractivity contribution >= 4 is 5.97 Å². The zero-order valence-corrected chi connectivity index (χ0v) is 12.1. The van der Waals surface area contributed by atoms with E-state index in [1.165, 1.54) is 19.3 Å². The van der Waals surface area contributed by atoms with Crippen molar-refractivity contribution < 1.29 is 33.5 Å². The normalized spacial score (nSPS) is 8.89. The molecule has 0 bridgehead atoms. The molecule has 3 nitrogen and oxygen atoms in total. The monoisotopic (exact) mass is 258 g/mol. The molecule has 0 heterocycles. The fourth-order valence-electron chi connectivity index (χ4n) is 1.31. The van der Waals surface area contributed by atoms with Gasteiger partial charge in [0, 0.05) is 6.61 Å². The van der Waals surface area contributed by atoms with E-state index in [0.717, 1.165) is 12.8 Å². The van der Waals surface area contributed by atoms with Crippen molar-refractivity contribution in [1.82, 2.24) is 0 Å². The number of hydrogen-bond acceptors (Lipinski definition) is 2. The maximum absolute atomic E-state index is 10.0. The molecule has 4 heteroatoms. The van der Waals surface area contributed by atoms with Crippen molar-refractivity contribution in [2.24, 2.45) is 0 Å². The van der Waals surface area contributed by atoms with Gasteiger partial charge in [0.05, 0.1) is 0 Å². The Morgan fingerprint density at radius 1 is 1.11 bits per heavy atom. The standard InChI is InChI=1S/C9H18O3.C6H5.Li/c1-2-3-4-5-6-7-12-8-9(10)11;1-2-4-6-5-3-1;/h2-8H2,1H3,(H,10,11);1-5H;/q;-1;+1. The first-order valence-corrected chi connectivity index (χ1v) is 6.48. The predicted octanol–water partition coefficient (Wildman–Crippen LogP) is 0.549. The molecule has 0 fully saturated rings. The fraction of sp³-hybridized carbons (Fsp3) is 0.533. The Balaban J connectivity index is 0. The van der Waals surface area contributed by atoms with Crippen molar-refractivity contribution in [3.05, 3.63) is 36.4 Å². The molecule has 0 amide bonds. The second-order valence-corrected chi connectivity index (χ2v) is 3.94. The third kappa shape index (κ3) is 19.8. The quantitative estimate of drug-likeness (QED) is 0.421. The molecular formula is C15H23LiO3. The molecule has 0 aromatic heterocycles. The first kappa shape index (κ1) is 20.6. The number of hydrogen-bond donors (Lipinski definition) is 1. The molecule has 1 N–H and O–H groups in total. The van der Waals surface area contributed by atoms with Crippen LogP contribution < -0.4 is 18.9 Å². The summed E-state index contributed by atoms with van der Waals surface area (Å²) in [6, 6.07) is 12.5. The molecule has 102 valence electrons. The average Bonchev–Trinajstić information content (AvgIpc) is 2.40. The zero-order chi connectivity index (χ0) is 13.5. The van der Waals surface area contributed by atoms with Gasteiger partial charge in [0.25, 0.3) is 0 Å². The van der Waals surface area contributed by atoms with Crippen LogP contribution in [0, 0.1) is 6.07 Å². The van der Waals surface area contributed by atoms with Crippen molar-refractivity contribution in [3.8, 4) is 0 Å². The number of carbonyl (C=O) groups is 1. The van der Waals surface area contributed by atoms with E-state index in [2.05, 4.69) is 13.0 Å². The van der Waals surface area contributed by atoms with Crippen molar-refractivity contribution in [2.75, 3.05) is 13.2 Å². The van der Waals surface area contributed by atoms with E-state index in [1.54, 1.807) is 0 Å². The number of benzene rings is 1. The van der Waals surface area contributed by atoms with E-state index in [-0.39, 0.29) is 25.5 Å². The van der Waals surface area contributed by atoms with Gasteiger partial charge in [-0.05, 0) is 6.42 Å². The summed E-state index contributed by atoms with van der Waals surface area (Å²) in [5, 5.41) is 8.23. The maximum atomic E-state index is 10.0. The molecule has 0 spiro atoms. The molecule has 0 saturated carbocycles. The largest absolute Gasteiger partial charge is 1.00 e. The van der Waals surface area contributed by atoms with Gasteiger partial charge in [0.1, 0.15) is 6.61 Å². The van der Waals surface area contributed by atoms with Crippen LogP contribution in [0.1, 0.15) is 39.0 Å². The van der Waals surface area contributed by atoms with Gasteiger partial charge >= 0.3 is 24.8 Å². The van der Waals surface area contributed by atoms with Gasteiger partial charge in [-0.25, -0.2) is 4.79 Å². The topological polar surface area (TPSA) is 46.5 Å². The van der Waals surface area contributed by atoms with E-state index in [0.29, 0.717) is 6.61 Å². The third-order valence-corrected chi connectivity index (χ3v) is 2.22. The summed E-state index contributed by atoms with van der Waals surface area (Å²) in [7, 11) is 0. The van der Waals surface area contributed by atoms with Crippen LogP contribution in [0.5, 0.6) is 0 Å². The second kappa shape index (κ2) is 17.2. The summed E-state index contributed by atoms with van der Waals surface area (Å²) >= 11 is 0. The van der Waals surface area contributed by atoms with E-state index in [4.69, 9.17) is 9.84 Å². The van der Waals surface area contributed by atoms with Crippen LogP contribution >= 0.6 is 0 Å². The first-order valence-electron chi connectivity index (χ1n) is 6.48. The Labute approximate surface area is 128 Å². The van der Waals surface area contributed by atoms with Crippen molar-refractivity contribution in [3.63, 3.8) is 0 Å². The minimum atomic E-state index is -0.886. The molecule has 19 heavy (non-hydrogen) atoms. The Hall–Kier alpha value is -0.753. The van der Waals surface area contributed by atoms with Gasteiger partial charge in [-0.1, -0.05) is 32.6 Å². The minimum absolute atomic E-state index is 0. The number of unbranched alkanes of at least 4 members (excludes halogenated alkanes) is 4. The third-order valence-electron chi connectivity index (χ3n) is 2.22. The predicted molar refractivity (Wildman–Crippen MR) is 72.5 cm³/mol. The summed E-state index contributed by atoms with van der Waals surface area (Å²) in [4.78, 5) is 10.0. The molecule has 0 atom stereocenters. The van der Waals surface area contributed by atoms with Crippen LogP contribution in [0.4, 0.5) is 0 Å². The smallest absolute Gasteiger partial charge is 0.480 e. The Kier molecular flexibility index (Phi) is 18.7. The molecule has 0 radical (unpaired) electrons. The van der Waals surface area contributed by atoms with Gasteiger partial charge in [0.15, 0.2) is 0 Å². The molecule has 1 aromatic carbocycles. The zero-order valence-electron chi connectivity index (χ0n) is 12.1. The number of ether oxygens (including phenoxy) is 1. The summed E-state index contributed by atoms with van der Waals surface area (Å²) in [5.41, 5.74) is 0. The van der Waals surface area contributed by atoms with Crippen LogP contribution in [0.25, 0.3) is 0 Å². The summed E-state index contributed by atoms with van der Waals surface area (Å²) < 4.78 is 4.88. The average molecular weight is 258 g/mol. The Morgan fingerprint density at radius 3 is 2.16 bits per heavy atom. The molecule has 0 aliphatic carbocycles. The number of carboxylic acid groups (broad SMARTS) is 1. The molecule has 1 aromatic rings. The van der Waals surface area contributed by atoms with Gasteiger partial charge in [-0.3, -0.25) is 0 Å². The second-order valence-electron chi connectivity index (χ2n) is 3.94. The molecule has 0 unspecified atom stereocenters. The minimum Gasteiger partial charge on any atom is -0.480 e. The van der Waals surface area contributed by atoms with Crippen LogP contribution in [-0.2, 0) is 9.53 Å². The summed E-state index contributed by atoms with van der Waals surface area (Å²) in [5.74, 6) is -0.886. The molecule has 0 aliphatic heterocycles. The number of rotatable bonds is 8. The summed E-state index contributed by atoms with van der Waals surface area (Å²) in [6.45, 7) is 2.59. The van der Waals surface area contributed by atoms with E-state index >= 15 is 0 Å². The number of carboxylic acids is 1.